The number of hydrogen-bond donors (Lipinski definition) is 1. The molecule has 0 fully saturated rings. The van der Waals surface area contributed by atoms with E-state index in [1.165, 1.54) is 11.3 Å². The van der Waals surface area contributed by atoms with Gasteiger partial charge >= 0.3 is 0 Å². The molecule has 0 spiro atoms. The van der Waals surface area contributed by atoms with Gasteiger partial charge in [-0.3, -0.25) is 4.79 Å². The molecule has 2 N–H and O–H groups in total. The van der Waals surface area contributed by atoms with E-state index in [4.69, 9.17) is 5.73 Å². The molecule has 1 heterocycles. The van der Waals surface area contributed by atoms with Crippen LogP contribution in [0.25, 0.3) is 0 Å². The van der Waals surface area contributed by atoms with Crippen LogP contribution in [0.4, 0.5) is 5.13 Å². The second kappa shape index (κ2) is 4.37. The summed E-state index contributed by atoms with van der Waals surface area (Å²) in [5.74, 6) is 0.371. The quantitative estimate of drug-likeness (QED) is 0.803. The van der Waals surface area contributed by atoms with Gasteiger partial charge in [-0.15, -0.1) is 11.3 Å². The Kier molecular flexibility index (Phi) is 3.42. The third-order valence-corrected chi connectivity index (χ3v) is 2.81. The Morgan fingerprint density at radius 2 is 2.46 bits per heavy atom. The Morgan fingerprint density at radius 3 is 2.92 bits per heavy atom. The van der Waals surface area contributed by atoms with Gasteiger partial charge in [0.2, 0.25) is 0 Å². The SMILES string of the molecule is CCC(C)C(=O)Cc1csc(N)n1. The molecule has 0 aliphatic carbocycles. The first-order valence-electron chi connectivity index (χ1n) is 4.36. The number of anilines is 1. The highest BCUT2D eigenvalue weighted by Crippen LogP contribution is 2.14. The molecule has 1 rings (SSSR count). The molecule has 1 aromatic heterocycles. The summed E-state index contributed by atoms with van der Waals surface area (Å²) >= 11 is 1.38. The van der Waals surface area contributed by atoms with Gasteiger partial charge in [0.1, 0.15) is 5.78 Å². The van der Waals surface area contributed by atoms with Crippen LogP contribution in [0.5, 0.6) is 0 Å². The second-order valence-electron chi connectivity index (χ2n) is 3.13. The summed E-state index contributed by atoms with van der Waals surface area (Å²) in [6.45, 7) is 3.95. The summed E-state index contributed by atoms with van der Waals surface area (Å²) in [6.07, 6.45) is 1.31. The number of thiazole rings is 1. The summed E-state index contributed by atoms with van der Waals surface area (Å²) in [7, 11) is 0. The number of ketones is 1. The van der Waals surface area contributed by atoms with E-state index in [0.29, 0.717) is 11.6 Å². The molecule has 0 saturated carbocycles. The van der Waals surface area contributed by atoms with E-state index >= 15 is 0 Å². The molecule has 1 unspecified atom stereocenters. The van der Waals surface area contributed by atoms with Gasteiger partial charge in [0, 0.05) is 17.7 Å². The van der Waals surface area contributed by atoms with Crippen LogP contribution >= 0.6 is 11.3 Å². The van der Waals surface area contributed by atoms with Crippen LogP contribution in [-0.4, -0.2) is 10.8 Å². The van der Waals surface area contributed by atoms with E-state index in [0.717, 1.165) is 12.1 Å². The molecule has 0 radical (unpaired) electrons. The minimum absolute atomic E-state index is 0.128. The molecule has 3 nitrogen and oxygen atoms in total. The van der Waals surface area contributed by atoms with Gasteiger partial charge in [0.05, 0.1) is 5.69 Å². The molecule has 4 heteroatoms. The Morgan fingerprint density at radius 1 is 1.77 bits per heavy atom. The van der Waals surface area contributed by atoms with Crippen molar-refractivity contribution in [2.45, 2.75) is 26.7 Å². The van der Waals surface area contributed by atoms with Gasteiger partial charge in [0.15, 0.2) is 5.13 Å². The van der Waals surface area contributed by atoms with Crippen molar-refractivity contribution in [3.63, 3.8) is 0 Å². The fourth-order valence-electron chi connectivity index (χ4n) is 0.984. The van der Waals surface area contributed by atoms with E-state index < -0.39 is 0 Å². The van der Waals surface area contributed by atoms with Crippen molar-refractivity contribution in [2.24, 2.45) is 5.92 Å². The van der Waals surface area contributed by atoms with Crippen LogP contribution in [0.3, 0.4) is 0 Å². The topological polar surface area (TPSA) is 56.0 Å². The average Bonchev–Trinajstić information content (AvgIpc) is 2.49. The minimum atomic E-state index is 0.128. The minimum Gasteiger partial charge on any atom is -0.375 e. The monoisotopic (exact) mass is 198 g/mol. The van der Waals surface area contributed by atoms with Gasteiger partial charge in [0.25, 0.3) is 0 Å². The Labute approximate surface area is 82.0 Å². The Bertz CT molecular complexity index is 296. The zero-order chi connectivity index (χ0) is 9.84. The molecule has 0 saturated heterocycles. The number of rotatable bonds is 4. The number of nitrogen functional groups attached to an aromatic ring is 1. The number of Topliss-reactive ketones (excluding diaryl/α,β-unsaturated/α-hetero) is 1. The maximum absolute atomic E-state index is 11.5. The number of nitrogens with zero attached hydrogens (tertiary/aromatic N) is 1. The zero-order valence-corrected chi connectivity index (χ0v) is 8.73. The summed E-state index contributed by atoms with van der Waals surface area (Å²) < 4.78 is 0. The maximum atomic E-state index is 11.5. The molecule has 1 atom stereocenters. The summed E-state index contributed by atoms with van der Waals surface area (Å²) in [4.78, 5) is 15.5. The smallest absolute Gasteiger partial charge is 0.180 e. The number of hydrogen-bond acceptors (Lipinski definition) is 4. The molecule has 1 aromatic rings. The van der Waals surface area contributed by atoms with Crippen molar-refractivity contribution in [2.75, 3.05) is 5.73 Å². The van der Waals surface area contributed by atoms with Crippen molar-refractivity contribution in [1.29, 1.82) is 0 Å². The summed E-state index contributed by atoms with van der Waals surface area (Å²) in [6, 6.07) is 0. The Hall–Kier alpha value is -0.900. The molecule has 0 aliphatic heterocycles. The van der Waals surface area contributed by atoms with Gasteiger partial charge < -0.3 is 5.73 Å². The third-order valence-electron chi connectivity index (χ3n) is 2.09. The van der Waals surface area contributed by atoms with E-state index in [1.807, 2.05) is 19.2 Å². The highest BCUT2D eigenvalue weighted by Gasteiger charge is 2.12. The summed E-state index contributed by atoms with van der Waals surface area (Å²) in [5.41, 5.74) is 6.26. The fraction of sp³-hybridized carbons (Fsp3) is 0.556. The molecular formula is C9H14N2OS. The van der Waals surface area contributed by atoms with Crippen LogP contribution in [0, 0.1) is 5.92 Å². The number of carbonyl (C=O) groups excluding carboxylic acids is 1. The lowest BCUT2D eigenvalue weighted by molar-refractivity contribution is -0.121. The van der Waals surface area contributed by atoms with Gasteiger partial charge in [-0.25, -0.2) is 4.98 Å². The van der Waals surface area contributed by atoms with Crippen LogP contribution < -0.4 is 5.73 Å². The van der Waals surface area contributed by atoms with E-state index in [2.05, 4.69) is 4.98 Å². The van der Waals surface area contributed by atoms with Crippen LogP contribution in [0.15, 0.2) is 5.38 Å². The normalized spacial score (nSPS) is 12.8. The molecule has 0 bridgehead atoms. The molecule has 13 heavy (non-hydrogen) atoms. The zero-order valence-electron chi connectivity index (χ0n) is 7.91. The predicted octanol–water partition coefficient (Wildman–Crippen LogP) is 1.88. The lowest BCUT2D eigenvalue weighted by atomic mass is 10.0. The maximum Gasteiger partial charge on any atom is 0.180 e. The first-order valence-corrected chi connectivity index (χ1v) is 5.24. The van der Waals surface area contributed by atoms with E-state index in [9.17, 15) is 4.79 Å². The Balaban J connectivity index is 2.54. The standard InChI is InChI=1S/C9H14N2OS/c1-3-6(2)8(12)4-7-5-13-9(10)11-7/h5-6H,3-4H2,1-2H3,(H2,10,11). The van der Waals surface area contributed by atoms with Crippen molar-refractivity contribution >= 4 is 22.3 Å². The summed E-state index contributed by atoms with van der Waals surface area (Å²) in [5, 5.41) is 2.38. The fourth-order valence-corrected chi connectivity index (χ4v) is 1.55. The highest BCUT2D eigenvalue weighted by molar-refractivity contribution is 7.13. The second-order valence-corrected chi connectivity index (χ2v) is 4.02. The highest BCUT2D eigenvalue weighted by atomic mass is 32.1. The molecule has 0 aliphatic rings. The number of carbonyl (C=O) groups is 1. The van der Waals surface area contributed by atoms with Crippen LogP contribution in [-0.2, 0) is 11.2 Å². The van der Waals surface area contributed by atoms with Crippen molar-refractivity contribution < 1.29 is 4.79 Å². The molecule has 72 valence electrons. The van der Waals surface area contributed by atoms with Crippen LogP contribution in [0.1, 0.15) is 26.0 Å². The molecule has 0 amide bonds. The van der Waals surface area contributed by atoms with Crippen molar-refractivity contribution in [3.05, 3.63) is 11.1 Å². The molecular weight excluding hydrogens is 184 g/mol. The van der Waals surface area contributed by atoms with Gasteiger partial charge in [-0.05, 0) is 6.42 Å². The van der Waals surface area contributed by atoms with E-state index in [-0.39, 0.29) is 11.7 Å². The van der Waals surface area contributed by atoms with Gasteiger partial charge in [-0.1, -0.05) is 13.8 Å². The lowest BCUT2D eigenvalue weighted by Gasteiger charge is -2.04. The van der Waals surface area contributed by atoms with Gasteiger partial charge in [-0.2, -0.15) is 0 Å². The van der Waals surface area contributed by atoms with Crippen LogP contribution in [0.2, 0.25) is 0 Å². The number of nitrogens with two attached hydrogens (primary N) is 1. The first-order chi connectivity index (χ1) is 6.13. The third kappa shape index (κ3) is 2.81. The molecule has 0 aromatic carbocycles. The average molecular weight is 198 g/mol. The first kappa shape index (κ1) is 10.2. The lowest BCUT2D eigenvalue weighted by Crippen LogP contribution is -2.12. The van der Waals surface area contributed by atoms with Crippen molar-refractivity contribution in [3.8, 4) is 0 Å². The number of aromatic nitrogens is 1. The van der Waals surface area contributed by atoms with Crippen molar-refractivity contribution in [1.82, 2.24) is 4.98 Å². The predicted molar refractivity (Wildman–Crippen MR) is 54.7 cm³/mol. The largest absolute Gasteiger partial charge is 0.375 e. The van der Waals surface area contributed by atoms with E-state index in [1.54, 1.807) is 0 Å².